The molecule has 1 radical (unpaired) electrons. The van der Waals surface area contributed by atoms with Crippen LogP contribution < -0.4 is 10.4 Å². The van der Waals surface area contributed by atoms with Gasteiger partial charge in [-0.1, -0.05) is 23.5 Å². The number of carbonyl (C=O) groups is 2. The molecule has 0 saturated heterocycles. The third-order valence-electron chi connectivity index (χ3n) is 2.59. The van der Waals surface area contributed by atoms with Crippen molar-refractivity contribution in [3.63, 3.8) is 0 Å². The van der Waals surface area contributed by atoms with Crippen LogP contribution in [0.4, 0.5) is 5.13 Å². The van der Waals surface area contributed by atoms with Crippen molar-refractivity contribution in [1.29, 1.82) is 0 Å². The Hall–Kier alpha value is -2.41. The minimum Gasteiger partial charge on any atom is -0.465 e. The lowest BCUT2D eigenvalue weighted by atomic mass is 10.3. The summed E-state index contributed by atoms with van der Waals surface area (Å²) in [5.74, 6) is -1.22. The van der Waals surface area contributed by atoms with E-state index in [4.69, 9.17) is 0 Å². The molecule has 0 bridgehead atoms. The predicted octanol–water partition coefficient (Wildman–Crippen LogP) is 1.22. The number of nitrogens with zero attached hydrogens (tertiary/aromatic N) is 3. The van der Waals surface area contributed by atoms with E-state index in [-0.39, 0.29) is 5.57 Å². The monoisotopic (exact) mass is 274 g/mol. The summed E-state index contributed by atoms with van der Waals surface area (Å²) in [7, 11) is 1.22. The molecule has 0 fully saturated rings. The van der Waals surface area contributed by atoms with E-state index >= 15 is 0 Å². The fourth-order valence-corrected chi connectivity index (χ4v) is 2.60. The summed E-state index contributed by atoms with van der Waals surface area (Å²) < 4.78 is 5.47. The van der Waals surface area contributed by atoms with Gasteiger partial charge in [-0.05, 0) is 12.1 Å². The first-order valence-corrected chi connectivity index (χ1v) is 6.21. The van der Waals surface area contributed by atoms with Gasteiger partial charge in [0, 0.05) is 0 Å². The number of benzene rings is 1. The van der Waals surface area contributed by atoms with Crippen LogP contribution in [0.3, 0.4) is 0 Å². The zero-order chi connectivity index (χ0) is 13.4. The molecule has 1 aromatic heterocycles. The number of carbonyl (C=O) groups excluding carboxylic acids is 2. The number of methoxy groups -OCH3 is 1. The highest BCUT2D eigenvalue weighted by molar-refractivity contribution is 7.22. The number of amides is 1. The number of anilines is 1. The smallest absolute Gasteiger partial charge is 0.345 e. The number of aromatic nitrogens is 1. The summed E-state index contributed by atoms with van der Waals surface area (Å²) in [6.45, 7) is 0. The fraction of sp³-hybridized carbons (Fsp3) is 0.0833. The molecule has 3 rings (SSSR count). The number of hydrogen-bond acceptors (Lipinski definition) is 5. The molecule has 1 aromatic carbocycles. The maximum atomic E-state index is 12.0. The van der Waals surface area contributed by atoms with Crippen LogP contribution in [0.25, 0.3) is 10.2 Å². The zero-order valence-corrected chi connectivity index (χ0v) is 10.7. The van der Waals surface area contributed by atoms with Crippen LogP contribution >= 0.6 is 11.3 Å². The number of rotatable bonds is 2. The molecule has 0 N–H and O–H groups in total. The maximum absolute atomic E-state index is 12.0. The Morgan fingerprint density at radius 1 is 1.37 bits per heavy atom. The first-order valence-electron chi connectivity index (χ1n) is 5.40. The van der Waals surface area contributed by atoms with E-state index < -0.39 is 11.9 Å². The van der Waals surface area contributed by atoms with E-state index in [0.29, 0.717) is 5.13 Å². The molecular formula is C12H8N3O3S. The van der Waals surface area contributed by atoms with Gasteiger partial charge < -0.3 is 4.74 Å². The highest BCUT2D eigenvalue weighted by atomic mass is 32.1. The second-order valence-corrected chi connectivity index (χ2v) is 4.74. The number of thiazole rings is 1. The largest absolute Gasteiger partial charge is 0.465 e. The Morgan fingerprint density at radius 2 is 2.16 bits per heavy atom. The number of para-hydroxylation sites is 1. The Balaban J connectivity index is 1.93. The highest BCUT2D eigenvalue weighted by Crippen LogP contribution is 2.30. The van der Waals surface area contributed by atoms with Crippen molar-refractivity contribution in [3.8, 4) is 0 Å². The van der Waals surface area contributed by atoms with Gasteiger partial charge in [0.1, 0.15) is 5.57 Å². The average Bonchev–Trinajstić information content (AvgIpc) is 3.00. The van der Waals surface area contributed by atoms with Crippen LogP contribution in [0.1, 0.15) is 0 Å². The van der Waals surface area contributed by atoms with Crippen LogP contribution in [0.15, 0.2) is 36.0 Å². The van der Waals surface area contributed by atoms with Gasteiger partial charge in [-0.25, -0.2) is 9.78 Å². The van der Waals surface area contributed by atoms with Crippen molar-refractivity contribution in [1.82, 2.24) is 10.4 Å². The summed E-state index contributed by atoms with van der Waals surface area (Å²) >= 11 is 1.33. The van der Waals surface area contributed by atoms with E-state index in [2.05, 4.69) is 15.1 Å². The molecule has 19 heavy (non-hydrogen) atoms. The summed E-state index contributed by atoms with van der Waals surface area (Å²) in [6, 6.07) is 7.52. The Morgan fingerprint density at radius 3 is 2.89 bits per heavy atom. The van der Waals surface area contributed by atoms with Crippen molar-refractivity contribution < 1.29 is 14.3 Å². The van der Waals surface area contributed by atoms with E-state index in [1.54, 1.807) is 0 Å². The van der Waals surface area contributed by atoms with Gasteiger partial charge in [0.05, 0.1) is 23.5 Å². The first kappa shape index (κ1) is 11.7. The Bertz CT molecular complexity index is 674. The summed E-state index contributed by atoms with van der Waals surface area (Å²) in [5.41, 5.74) is 4.59. The van der Waals surface area contributed by atoms with E-state index in [1.807, 2.05) is 24.3 Å². The van der Waals surface area contributed by atoms with Gasteiger partial charge in [0.2, 0.25) is 5.13 Å². The topological polar surface area (TPSA) is 73.6 Å². The molecule has 1 amide bonds. The van der Waals surface area contributed by atoms with Crippen LogP contribution in [-0.4, -0.2) is 24.0 Å². The number of ether oxygens (including phenoxy) is 1. The van der Waals surface area contributed by atoms with E-state index in [9.17, 15) is 9.59 Å². The SMILES string of the molecule is COC(=O)C1=C[N]N(c2nc3ccccc3s2)C1=O. The molecule has 2 aromatic rings. The van der Waals surface area contributed by atoms with Gasteiger partial charge in [-0.15, -0.1) is 0 Å². The number of hydrogen-bond donors (Lipinski definition) is 0. The molecule has 0 atom stereocenters. The van der Waals surface area contributed by atoms with Crippen molar-refractivity contribution in [2.75, 3.05) is 12.1 Å². The fourth-order valence-electron chi connectivity index (χ4n) is 1.67. The van der Waals surface area contributed by atoms with Crippen molar-refractivity contribution in [2.24, 2.45) is 0 Å². The van der Waals surface area contributed by atoms with Crippen molar-refractivity contribution in [2.45, 2.75) is 0 Å². The van der Waals surface area contributed by atoms with E-state index in [0.717, 1.165) is 15.2 Å². The summed E-state index contributed by atoms with van der Waals surface area (Å²) in [5, 5.41) is 1.54. The zero-order valence-electron chi connectivity index (χ0n) is 9.86. The lowest BCUT2D eigenvalue weighted by molar-refractivity contribution is -0.137. The van der Waals surface area contributed by atoms with Gasteiger partial charge in [-0.2, -0.15) is 10.4 Å². The molecule has 6 nitrogen and oxygen atoms in total. The number of fused-ring (bicyclic) bond motifs is 1. The molecule has 0 aliphatic carbocycles. The van der Waals surface area contributed by atoms with Gasteiger partial charge in [0.25, 0.3) is 5.91 Å². The molecule has 1 aliphatic heterocycles. The average molecular weight is 274 g/mol. The van der Waals surface area contributed by atoms with E-state index in [1.165, 1.54) is 24.6 Å². The van der Waals surface area contributed by atoms with Gasteiger partial charge in [-0.3, -0.25) is 4.79 Å². The molecule has 0 unspecified atom stereocenters. The number of esters is 1. The molecule has 7 heteroatoms. The molecule has 0 saturated carbocycles. The van der Waals surface area contributed by atoms with Crippen molar-refractivity contribution >= 4 is 38.6 Å². The Labute approximate surface area is 112 Å². The first-order chi connectivity index (χ1) is 9.20. The molecule has 95 valence electrons. The van der Waals surface area contributed by atoms with Crippen LogP contribution in [-0.2, 0) is 14.3 Å². The standard InChI is InChI=1S/C12H8N3O3S/c1-18-11(17)7-6-13-15(10(7)16)12-14-8-4-2-3-5-9(8)19-12/h2-6H,1H3. The minimum atomic E-state index is -0.697. The highest BCUT2D eigenvalue weighted by Gasteiger charge is 2.34. The third kappa shape index (κ3) is 1.84. The minimum absolute atomic E-state index is 0.0956. The quantitative estimate of drug-likeness (QED) is 0.609. The van der Waals surface area contributed by atoms with Gasteiger partial charge in [0.15, 0.2) is 0 Å². The summed E-state index contributed by atoms with van der Waals surface area (Å²) in [6.07, 6.45) is 1.19. The molecule has 1 aliphatic rings. The molecule has 0 spiro atoms. The van der Waals surface area contributed by atoms with Crippen LogP contribution in [0.2, 0.25) is 0 Å². The second kappa shape index (κ2) is 4.36. The van der Waals surface area contributed by atoms with Crippen molar-refractivity contribution in [3.05, 3.63) is 36.0 Å². The normalized spacial score (nSPS) is 14.5. The van der Waals surface area contributed by atoms with Crippen LogP contribution in [0, 0.1) is 0 Å². The van der Waals surface area contributed by atoms with Crippen LogP contribution in [0.5, 0.6) is 0 Å². The third-order valence-corrected chi connectivity index (χ3v) is 3.61. The lowest BCUT2D eigenvalue weighted by Gasteiger charge is -2.09. The Kier molecular flexibility index (Phi) is 2.68. The summed E-state index contributed by atoms with van der Waals surface area (Å²) in [4.78, 5) is 27.7. The molecule has 2 heterocycles. The predicted molar refractivity (Wildman–Crippen MR) is 69.3 cm³/mol. The maximum Gasteiger partial charge on any atom is 0.345 e. The molecular weight excluding hydrogens is 266 g/mol. The lowest BCUT2D eigenvalue weighted by Crippen LogP contribution is -2.31. The second-order valence-electron chi connectivity index (χ2n) is 3.73. The van der Waals surface area contributed by atoms with Gasteiger partial charge >= 0.3 is 5.97 Å².